The molecule has 0 aliphatic carbocycles. The summed E-state index contributed by atoms with van der Waals surface area (Å²) in [6, 6.07) is 13.6. The van der Waals surface area contributed by atoms with Gasteiger partial charge in [0.2, 0.25) is 5.91 Å². The van der Waals surface area contributed by atoms with E-state index in [0.29, 0.717) is 33.1 Å². The fourth-order valence-electron chi connectivity index (χ4n) is 3.17. The summed E-state index contributed by atoms with van der Waals surface area (Å²) in [5.74, 6) is 0.452. The molecule has 0 unspecified atom stereocenters. The number of hydrogen-bond donors (Lipinski definition) is 2. The van der Waals surface area contributed by atoms with Gasteiger partial charge in [0.25, 0.3) is 5.91 Å². The van der Waals surface area contributed by atoms with E-state index in [1.807, 2.05) is 55.7 Å². The van der Waals surface area contributed by atoms with E-state index in [9.17, 15) is 9.59 Å². The number of carbonyl (C=O) groups excluding carboxylic acids is 2. The first-order valence-electron chi connectivity index (χ1n) is 10.5. The fraction of sp³-hybridized carbons (Fsp3) is 0.304. The van der Waals surface area contributed by atoms with Crippen LogP contribution < -0.4 is 10.6 Å². The summed E-state index contributed by atoms with van der Waals surface area (Å²) in [5, 5.41) is 15.8. The van der Waals surface area contributed by atoms with Gasteiger partial charge < -0.3 is 15.2 Å². The zero-order chi connectivity index (χ0) is 24.0. The first-order valence-corrected chi connectivity index (χ1v) is 12.2. The SMILES string of the molecule is CCn1c(SCC(=O)Nc2ccccc2)nnc1[C@@H](NC(=O)c1ccc(Cl)c(Cl)c1)C(C)C. The third-order valence-electron chi connectivity index (χ3n) is 4.86. The van der Waals surface area contributed by atoms with Crippen molar-refractivity contribution >= 4 is 52.5 Å². The molecule has 2 N–H and O–H groups in total. The highest BCUT2D eigenvalue weighted by Crippen LogP contribution is 2.27. The van der Waals surface area contributed by atoms with Gasteiger partial charge in [0.05, 0.1) is 21.8 Å². The number of thioether (sulfide) groups is 1. The van der Waals surface area contributed by atoms with E-state index >= 15 is 0 Å². The molecule has 0 radical (unpaired) electrons. The predicted octanol–water partition coefficient (Wildman–Crippen LogP) is 5.46. The lowest BCUT2D eigenvalue weighted by molar-refractivity contribution is -0.113. The zero-order valence-corrected chi connectivity index (χ0v) is 20.8. The van der Waals surface area contributed by atoms with Crippen LogP contribution in [0.5, 0.6) is 0 Å². The number of benzene rings is 2. The Morgan fingerprint density at radius 2 is 1.79 bits per heavy atom. The number of nitrogens with zero attached hydrogens (tertiary/aromatic N) is 3. The Bertz CT molecular complexity index is 1120. The van der Waals surface area contributed by atoms with Crippen LogP contribution >= 0.6 is 35.0 Å². The Labute approximate surface area is 207 Å². The summed E-state index contributed by atoms with van der Waals surface area (Å²) < 4.78 is 1.92. The van der Waals surface area contributed by atoms with Crippen molar-refractivity contribution in [1.29, 1.82) is 0 Å². The van der Waals surface area contributed by atoms with Gasteiger partial charge in [-0.2, -0.15) is 0 Å². The van der Waals surface area contributed by atoms with Crippen LogP contribution in [-0.4, -0.2) is 32.3 Å². The van der Waals surface area contributed by atoms with Crippen molar-refractivity contribution in [3.8, 4) is 0 Å². The molecule has 10 heteroatoms. The lowest BCUT2D eigenvalue weighted by Gasteiger charge is -2.22. The number of aromatic nitrogens is 3. The van der Waals surface area contributed by atoms with Gasteiger partial charge >= 0.3 is 0 Å². The Morgan fingerprint density at radius 3 is 2.42 bits per heavy atom. The van der Waals surface area contributed by atoms with Crippen LogP contribution in [0.25, 0.3) is 0 Å². The first-order chi connectivity index (χ1) is 15.8. The van der Waals surface area contributed by atoms with Gasteiger partial charge in [-0.3, -0.25) is 9.59 Å². The molecule has 174 valence electrons. The predicted molar refractivity (Wildman–Crippen MR) is 133 cm³/mol. The lowest BCUT2D eigenvalue weighted by atomic mass is 10.0. The molecule has 0 saturated heterocycles. The van der Waals surface area contributed by atoms with Crippen molar-refractivity contribution in [1.82, 2.24) is 20.1 Å². The summed E-state index contributed by atoms with van der Waals surface area (Å²) in [5.41, 5.74) is 1.15. The number of para-hydroxylation sites is 1. The first kappa shape index (κ1) is 25.1. The van der Waals surface area contributed by atoms with Gasteiger partial charge in [-0.25, -0.2) is 0 Å². The molecule has 1 atom stereocenters. The Morgan fingerprint density at radius 1 is 1.06 bits per heavy atom. The number of halogens is 2. The summed E-state index contributed by atoms with van der Waals surface area (Å²) in [6.45, 7) is 6.55. The van der Waals surface area contributed by atoms with E-state index in [1.54, 1.807) is 12.1 Å². The van der Waals surface area contributed by atoms with Gasteiger partial charge in [0, 0.05) is 17.8 Å². The minimum absolute atomic E-state index is 0.0467. The average Bonchev–Trinajstić information content (AvgIpc) is 3.20. The second-order valence-electron chi connectivity index (χ2n) is 7.61. The van der Waals surface area contributed by atoms with Gasteiger partial charge in [-0.15, -0.1) is 10.2 Å². The van der Waals surface area contributed by atoms with Crippen LogP contribution in [-0.2, 0) is 11.3 Å². The van der Waals surface area contributed by atoms with Crippen LogP contribution in [0.2, 0.25) is 10.0 Å². The Hall–Kier alpha value is -2.55. The fourth-order valence-corrected chi connectivity index (χ4v) is 4.28. The zero-order valence-electron chi connectivity index (χ0n) is 18.5. The summed E-state index contributed by atoms with van der Waals surface area (Å²) in [4.78, 5) is 25.2. The molecule has 0 bridgehead atoms. The summed E-state index contributed by atoms with van der Waals surface area (Å²) in [6.07, 6.45) is 0. The minimum atomic E-state index is -0.383. The maximum absolute atomic E-state index is 12.9. The standard InChI is InChI=1S/C23H25Cl2N5O2S/c1-4-30-21(20(14(2)3)27-22(32)15-10-11-17(24)18(25)12-15)28-29-23(30)33-13-19(31)26-16-8-6-5-7-9-16/h5-12,14,20H,4,13H2,1-3H3,(H,26,31)(H,27,32)/t20-/m0/s1. The minimum Gasteiger partial charge on any atom is -0.342 e. The molecular weight excluding hydrogens is 481 g/mol. The summed E-state index contributed by atoms with van der Waals surface area (Å²) >= 11 is 13.3. The van der Waals surface area contributed by atoms with Crippen LogP contribution in [0.15, 0.2) is 53.7 Å². The number of rotatable bonds is 9. The monoisotopic (exact) mass is 505 g/mol. The summed E-state index contributed by atoms with van der Waals surface area (Å²) in [7, 11) is 0. The highest BCUT2D eigenvalue weighted by Gasteiger charge is 2.26. The van der Waals surface area contributed by atoms with Crippen LogP contribution in [0.4, 0.5) is 5.69 Å². The van der Waals surface area contributed by atoms with Crippen molar-refractivity contribution < 1.29 is 9.59 Å². The molecule has 0 aliphatic heterocycles. The van der Waals surface area contributed by atoms with E-state index in [-0.39, 0.29) is 29.5 Å². The molecule has 3 aromatic rings. The number of anilines is 1. The second kappa shape index (κ2) is 11.5. The average molecular weight is 506 g/mol. The molecule has 1 aromatic heterocycles. The maximum atomic E-state index is 12.9. The van der Waals surface area contributed by atoms with E-state index in [4.69, 9.17) is 23.2 Å². The number of nitrogens with one attached hydrogen (secondary N) is 2. The molecule has 0 saturated carbocycles. The van der Waals surface area contributed by atoms with E-state index in [2.05, 4.69) is 20.8 Å². The third-order valence-corrected chi connectivity index (χ3v) is 6.57. The van der Waals surface area contributed by atoms with Crippen molar-refractivity contribution in [3.05, 3.63) is 70.0 Å². The molecule has 0 fully saturated rings. The number of amides is 2. The quantitative estimate of drug-likeness (QED) is 0.376. The molecular formula is C23H25Cl2N5O2S. The Kier molecular flexibility index (Phi) is 8.77. The van der Waals surface area contributed by atoms with E-state index < -0.39 is 0 Å². The topological polar surface area (TPSA) is 88.9 Å². The molecule has 7 nitrogen and oxygen atoms in total. The lowest BCUT2D eigenvalue weighted by Crippen LogP contribution is -2.33. The third kappa shape index (κ3) is 6.50. The molecule has 0 aliphatic rings. The normalized spacial score (nSPS) is 11.9. The van der Waals surface area contributed by atoms with Crippen molar-refractivity contribution in [2.75, 3.05) is 11.1 Å². The molecule has 0 spiro atoms. The van der Waals surface area contributed by atoms with Crippen molar-refractivity contribution in [2.45, 2.75) is 38.5 Å². The van der Waals surface area contributed by atoms with Crippen molar-refractivity contribution in [2.24, 2.45) is 5.92 Å². The smallest absolute Gasteiger partial charge is 0.251 e. The van der Waals surface area contributed by atoms with Crippen LogP contribution in [0.3, 0.4) is 0 Å². The number of hydrogen-bond acceptors (Lipinski definition) is 5. The van der Waals surface area contributed by atoms with E-state index in [1.165, 1.54) is 17.8 Å². The number of carbonyl (C=O) groups is 2. The van der Waals surface area contributed by atoms with Gasteiger partial charge in [0.15, 0.2) is 11.0 Å². The van der Waals surface area contributed by atoms with E-state index in [0.717, 1.165) is 5.69 Å². The van der Waals surface area contributed by atoms with Gasteiger partial charge in [-0.05, 0) is 43.2 Å². The molecule has 2 amide bonds. The molecule has 1 heterocycles. The highest BCUT2D eigenvalue weighted by atomic mass is 35.5. The molecule has 2 aromatic carbocycles. The maximum Gasteiger partial charge on any atom is 0.251 e. The van der Waals surface area contributed by atoms with Crippen LogP contribution in [0, 0.1) is 5.92 Å². The highest BCUT2D eigenvalue weighted by molar-refractivity contribution is 7.99. The largest absolute Gasteiger partial charge is 0.342 e. The Balaban J connectivity index is 1.72. The van der Waals surface area contributed by atoms with Gasteiger partial charge in [-0.1, -0.05) is 67.0 Å². The van der Waals surface area contributed by atoms with Crippen LogP contribution in [0.1, 0.15) is 43.0 Å². The van der Waals surface area contributed by atoms with Gasteiger partial charge in [0.1, 0.15) is 0 Å². The molecule has 3 rings (SSSR count). The molecule has 33 heavy (non-hydrogen) atoms. The van der Waals surface area contributed by atoms with Crippen molar-refractivity contribution in [3.63, 3.8) is 0 Å². The second-order valence-corrected chi connectivity index (χ2v) is 9.37.